The van der Waals surface area contributed by atoms with Crippen molar-refractivity contribution in [3.05, 3.63) is 50.1 Å². The molecule has 1 N–H and O–H groups in total. The number of rotatable bonds is 2. The second-order valence-electron chi connectivity index (χ2n) is 4.38. The van der Waals surface area contributed by atoms with Crippen LogP contribution < -0.4 is 0 Å². The van der Waals surface area contributed by atoms with Gasteiger partial charge < -0.3 is 5.11 Å². The molecule has 1 aromatic carbocycles. The number of benzene rings is 1. The largest absolute Gasteiger partial charge is 0.478 e. The van der Waals surface area contributed by atoms with Crippen molar-refractivity contribution in [1.82, 2.24) is 4.98 Å². The lowest BCUT2D eigenvalue weighted by atomic mass is 10.1. The smallest absolute Gasteiger partial charge is 0.336 e. The molecule has 3 aromatic rings. The number of hydrogen-bond donors (Lipinski definition) is 1. The van der Waals surface area contributed by atoms with E-state index in [4.69, 9.17) is 23.2 Å². The minimum Gasteiger partial charge on any atom is -0.478 e. The summed E-state index contributed by atoms with van der Waals surface area (Å²) in [6.45, 7) is 0. The summed E-state index contributed by atoms with van der Waals surface area (Å²) in [5, 5.41) is 9.16. The molecule has 0 aliphatic carbocycles. The first-order valence-corrected chi connectivity index (χ1v) is 7.42. The Balaban J connectivity index is 2.39. The SMILES string of the molecule is O=C(O)c1cc(-c2cc(Cl)sc2Cl)nc2c(F)cc(F)cc12. The Morgan fingerprint density at radius 1 is 1.18 bits per heavy atom. The minimum atomic E-state index is -1.32. The molecule has 0 atom stereocenters. The molecule has 0 saturated carbocycles. The summed E-state index contributed by atoms with van der Waals surface area (Å²) in [5.74, 6) is -3.15. The lowest BCUT2D eigenvalue weighted by molar-refractivity contribution is 0.0699. The third-order valence-corrected chi connectivity index (χ3v) is 4.48. The molecule has 0 saturated heterocycles. The number of pyridine rings is 1. The van der Waals surface area contributed by atoms with Crippen molar-refractivity contribution >= 4 is 51.4 Å². The molecule has 0 unspecified atom stereocenters. The van der Waals surface area contributed by atoms with Crippen molar-refractivity contribution in [3.63, 3.8) is 0 Å². The number of fused-ring (bicyclic) bond motifs is 1. The normalized spacial score (nSPS) is 11.1. The van der Waals surface area contributed by atoms with Crippen LogP contribution in [0.15, 0.2) is 24.3 Å². The lowest BCUT2D eigenvalue weighted by Gasteiger charge is -2.07. The Labute approximate surface area is 136 Å². The van der Waals surface area contributed by atoms with E-state index in [1.165, 1.54) is 12.1 Å². The monoisotopic (exact) mass is 359 g/mol. The molecule has 0 aliphatic rings. The first-order valence-electron chi connectivity index (χ1n) is 5.85. The van der Waals surface area contributed by atoms with Gasteiger partial charge in [0, 0.05) is 17.0 Å². The van der Waals surface area contributed by atoms with Gasteiger partial charge in [-0.25, -0.2) is 18.6 Å². The molecular weight excluding hydrogens is 355 g/mol. The van der Waals surface area contributed by atoms with Gasteiger partial charge in [0.1, 0.15) is 15.7 Å². The Morgan fingerprint density at radius 3 is 2.50 bits per heavy atom. The van der Waals surface area contributed by atoms with Crippen LogP contribution in [0.3, 0.4) is 0 Å². The van der Waals surface area contributed by atoms with Crippen molar-refractivity contribution in [2.45, 2.75) is 0 Å². The van der Waals surface area contributed by atoms with Gasteiger partial charge in [0.25, 0.3) is 0 Å². The second-order valence-corrected chi connectivity index (χ2v) is 6.67. The van der Waals surface area contributed by atoms with Crippen LogP contribution in [-0.2, 0) is 0 Å². The molecule has 3 rings (SSSR count). The van der Waals surface area contributed by atoms with Gasteiger partial charge in [-0.1, -0.05) is 23.2 Å². The molecule has 0 fully saturated rings. The molecule has 8 heteroatoms. The highest BCUT2D eigenvalue weighted by Gasteiger charge is 2.19. The van der Waals surface area contributed by atoms with Crippen molar-refractivity contribution < 1.29 is 18.7 Å². The number of carbonyl (C=O) groups is 1. The number of aromatic carboxylic acids is 1. The van der Waals surface area contributed by atoms with Crippen molar-refractivity contribution in [1.29, 1.82) is 0 Å². The van der Waals surface area contributed by atoms with E-state index in [1.54, 1.807) is 0 Å². The number of carboxylic acids is 1. The Bertz CT molecular complexity index is 927. The van der Waals surface area contributed by atoms with E-state index in [1.807, 2.05) is 0 Å². The number of halogens is 4. The van der Waals surface area contributed by atoms with Gasteiger partial charge in [0.15, 0.2) is 5.82 Å². The van der Waals surface area contributed by atoms with Gasteiger partial charge in [-0.05, 0) is 18.2 Å². The summed E-state index contributed by atoms with van der Waals surface area (Å²) in [7, 11) is 0. The highest BCUT2D eigenvalue weighted by molar-refractivity contribution is 7.20. The van der Waals surface area contributed by atoms with Crippen molar-refractivity contribution in [2.24, 2.45) is 0 Å². The quantitative estimate of drug-likeness (QED) is 0.679. The highest BCUT2D eigenvalue weighted by Crippen LogP contribution is 2.38. The van der Waals surface area contributed by atoms with E-state index >= 15 is 0 Å². The maximum atomic E-state index is 13.9. The van der Waals surface area contributed by atoms with E-state index in [2.05, 4.69) is 4.98 Å². The molecule has 22 heavy (non-hydrogen) atoms. The van der Waals surface area contributed by atoms with Crippen molar-refractivity contribution in [3.8, 4) is 11.3 Å². The number of aromatic nitrogens is 1. The summed E-state index contributed by atoms with van der Waals surface area (Å²) < 4.78 is 28.0. The van der Waals surface area contributed by atoms with Crippen LogP contribution in [0.5, 0.6) is 0 Å². The molecule has 0 spiro atoms. The first kappa shape index (κ1) is 15.1. The van der Waals surface area contributed by atoms with E-state index in [0.29, 0.717) is 20.3 Å². The molecular formula is C14H5Cl2F2NO2S. The third-order valence-electron chi connectivity index (χ3n) is 2.99. The maximum Gasteiger partial charge on any atom is 0.336 e. The number of carboxylic acid groups (broad SMARTS) is 1. The van der Waals surface area contributed by atoms with Gasteiger partial charge >= 0.3 is 5.97 Å². The highest BCUT2D eigenvalue weighted by atomic mass is 35.5. The molecule has 0 amide bonds. The standard InChI is InChI=1S/C14H5Cl2F2NO2S/c15-11-4-8(13(16)22-11)10-3-7(14(20)21)6-1-5(17)2-9(18)12(6)19-10/h1-4H,(H,20,21). The van der Waals surface area contributed by atoms with Crippen LogP contribution in [0.4, 0.5) is 8.78 Å². The third kappa shape index (κ3) is 2.54. The number of hydrogen-bond acceptors (Lipinski definition) is 3. The topological polar surface area (TPSA) is 50.2 Å². The lowest BCUT2D eigenvalue weighted by Crippen LogP contribution is -2.02. The van der Waals surface area contributed by atoms with Gasteiger partial charge in [-0.15, -0.1) is 11.3 Å². The predicted octanol–water partition coefficient (Wildman–Crippen LogP) is 5.25. The van der Waals surface area contributed by atoms with E-state index in [0.717, 1.165) is 17.4 Å². The zero-order valence-electron chi connectivity index (χ0n) is 10.5. The van der Waals surface area contributed by atoms with Crippen LogP contribution >= 0.6 is 34.5 Å². The van der Waals surface area contributed by atoms with Crippen molar-refractivity contribution in [2.75, 3.05) is 0 Å². The van der Waals surface area contributed by atoms with Gasteiger partial charge in [0.2, 0.25) is 0 Å². The Morgan fingerprint density at radius 2 is 1.91 bits per heavy atom. The van der Waals surface area contributed by atoms with E-state index < -0.39 is 17.6 Å². The summed E-state index contributed by atoms with van der Waals surface area (Å²) in [6, 6.07) is 4.30. The van der Waals surface area contributed by atoms with Gasteiger partial charge in [-0.2, -0.15) is 0 Å². The summed E-state index contributed by atoms with van der Waals surface area (Å²) >= 11 is 13.0. The van der Waals surface area contributed by atoms with E-state index in [9.17, 15) is 18.7 Å². The van der Waals surface area contributed by atoms with Crippen LogP contribution in [0.1, 0.15) is 10.4 Å². The molecule has 0 bridgehead atoms. The summed E-state index contributed by atoms with van der Waals surface area (Å²) in [5.41, 5.74) is 0.0415. The fraction of sp³-hybridized carbons (Fsp3) is 0. The molecule has 0 aliphatic heterocycles. The molecule has 112 valence electrons. The summed E-state index contributed by atoms with van der Waals surface area (Å²) in [6.07, 6.45) is 0. The van der Waals surface area contributed by atoms with Crippen LogP contribution in [0.25, 0.3) is 22.2 Å². The van der Waals surface area contributed by atoms with Crippen LogP contribution in [0.2, 0.25) is 8.67 Å². The van der Waals surface area contributed by atoms with Crippen LogP contribution in [0, 0.1) is 11.6 Å². The Hall–Kier alpha value is -1.76. The zero-order chi connectivity index (χ0) is 16.0. The molecule has 3 nitrogen and oxygen atoms in total. The fourth-order valence-electron chi connectivity index (χ4n) is 2.08. The first-order chi connectivity index (χ1) is 10.4. The number of nitrogens with zero attached hydrogens (tertiary/aromatic N) is 1. The van der Waals surface area contributed by atoms with Crippen LogP contribution in [-0.4, -0.2) is 16.1 Å². The molecule has 2 aromatic heterocycles. The molecule has 0 radical (unpaired) electrons. The average Bonchev–Trinajstić information content (AvgIpc) is 2.76. The minimum absolute atomic E-state index is 0.119. The fourth-order valence-corrected chi connectivity index (χ4v) is 3.56. The Kier molecular flexibility index (Phi) is 3.76. The van der Waals surface area contributed by atoms with E-state index in [-0.39, 0.29) is 22.2 Å². The average molecular weight is 360 g/mol. The number of thiophene rings is 1. The second kappa shape index (κ2) is 5.46. The molecule has 2 heterocycles. The predicted molar refractivity (Wildman–Crippen MR) is 82.0 cm³/mol. The zero-order valence-corrected chi connectivity index (χ0v) is 12.9. The van der Waals surface area contributed by atoms with Gasteiger partial charge in [0.05, 0.1) is 15.6 Å². The van der Waals surface area contributed by atoms with Gasteiger partial charge in [-0.3, -0.25) is 0 Å². The maximum absolute atomic E-state index is 13.9. The summed E-state index contributed by atoms with van der Waals surface area (Å²) in [4.78, 5) is 15.4.